The number of nitrogens with one attached hydrogen (secondary N) is 2. The number of ether oxygens (including phenoxy) is 1. The van der Waals surface area contributed by atoms with E-state index in [4.69, 9.17) is 4.74 Å². The number of aromatic nitrogens is 2. The van der Waals surface area contributed by atoms with Gasteiger partial charge in [0.2, 0.25) is 0 Å². The van der Waals surface area contributed by atoms with Crippen LogP contribution in [0.2, 0.25) is 0 Å². The van der Waals surface area contributed by atoms with Gasteiger partial charge < -0.3 is 24.8 Å². The van der Waals surface area contributed by atoms with Gasteiger partial charge in [-0.05, 0) is 19.0 Å². The third-order valence-corrected chi connectivity index (χ3v) is 4.31. The van der Waals surface area contributed by atoms with E-state index in [-0.39, 0.29) is 24.0 Å². The first-order chi connectivity index (χ1) is 13.2. The molecule has 0 spiro atoms. The van der Waals surface area contributed by atoms with Gasteiger partial charge in [-0.25, -0.2) is 4.98 Å². The van der Waals surface area contributed by atoms with Crippen LogP contribution in [0.4, 0.5) is 0 Å². The number of hydrogen-bond donors (Lipinski definition) is 2. The second kappa shape index (κ2) is 14.4. The number of aliphatic imine (C=N–C) groups is 1. The molecule has 8 heteroatoms. The van der Waals surface area contributed by atoms with Crippen LogP contribution in [0, 0.1) is 0 Å². The molecule has 28 heavy (non-hydrogen) atoms. The molecule has 0 aliphatic rings. The summed E-state index contributed by atoms with van der Waals surface area (Å²) >= 11 is 0. The summed E-state index contributed by atoms with van der Waals surface area (Å²) in [4.78, 5) is 11.0. The summed E-state index contributed by atoms with van der Waals surface area (Å²) in [5, 5.41) is 6.69. The van der Waals surface area contributed by atoms with Gasteiger partial charge in [-0.1, -0.05) is 30.3 Å². The van der Waals surface area contributed by atoms with Crippen LogP contribution in [-0.2, 0) is 17.8 Å². The molecule has 0 saturated carbocycles. The highest BCUT2D eigenvalue weighted by Crippen LogP contribution is 2.05. The Bertz CT molecular complexity index is 676. The summed E-state index contributed by atoms with van der Waals surface area (Å²) in [6.45, 7) is 5.06. The zero-order chi connectivity index (χ0) is 19.3. The largest absolute Gasteiger partial charge is 0.385 e. The van der Waals surface area contributed by atoms with Crippen molar-refractivity contribution in [2.24, 2.45) is 4.99 Å². The summed E-state index contributed by atoms with van der Waals surface area (Å²) in [6, 6.07) is 10.4. The zero-order valence-electron chi connectivity index (χ0n) is 17.1. The van der Waals surface area contributed by atoms with E-state index in [2.05, 4.69) is 61.4 Å². The Hall–Kier alpha value is -1.65. The molecule has 0 bridgehead atoms. The number of hydrogen-bond acceptors (Lipinski definition) is 4. The fraction of sp³-hybridized carbons (Fsp3) is 0.500. The number of imidazole rings is 1. The van der Waals surface area contributed by atoms with E-state index in [1.807, 2.05) is 18.5 Å². The van der Waals surface area contributed by atoms with Crippen molar-refractivity contribution in [2.45, 2.75) is 19.5 Å². The van der Waals surface area contributed by atoms with Crippen LogP contribution >= 0.6 is 24.0 Å². The summed E-state index contributed by atoms with van der Waals surface area (Å²) in [6.07, 6.45) is 4.89. The molecular weight excluding hydrogens is 467 g/mol. The maximum absolute atomic E-state index is 5.09. The average molecular weight is 500 g/mol. The molecular formula is C20H33IN6O. The molecule has 0 aliphatic heterocycles. The van der Waals surface area contributed by atoms with Gasteiger partial charge in [0.05, 0.1) is 6.54 Å². The topological polar surface area (TPSA) is 66.7 Å². The first-order valence-corrected chi connectivity index (χ1v) is 9.39. The molecule has 0 atom stereocenters. The fourth-order valence-electron chi connectivity index (χ4n) is 2.77. The molecule has 0 aliphatic carbocycles. The average Bonchev–Trinajstić information content (AvgIpc) is 3.12. The monoisotopic (exact) mass is 500 g/mol. The Balaban J connectivity index is 0.00000392. The van der Waals surface area contributed by atoms with Gasteiger partial charge in [-0.2, -0.15) is 0 Å². The summed E-state index contributed by atoms with van der Waals surface area (Å²) < 4.78 is 7.24. The third kappa shape index (κ3) is 9.03. The molecule has 0 amide bonds. The SMILES string of the molecule is CN=C(NCCN(C)CCCOC)NCc1nccn1Cc1ccccc1.I. The maximum atomic E-state index is 5.09. The lowest BCUT2D eigenvalue weighted by Gasteiger charge is -2.18. The van der Waals surface area contributed by atoms with Gasteiger partial charge in [0.1, 0.15) is 5.82 Å². The van der Waals surface area contributed by atoms with Crippen LogP contribution < -0.4 is 10.6 Å². The molecule has 0 saturated heterocycles. The minimum atomic E-state index is 0. The number of nitrogens with zero attached hydrogens (tertiary/aromatic N) is 4. The van der Waals surface area contributed by atoms with Crippen molar-refractivity contribution >= 4 is 29.9 Å². The molecule has 2 rings (SSSR count). The lowest BCUT2D eigenvalue weighted by molar-refractivity contribution is 0.180. The van der Waals surface area contributed by atoms with E-state index in [9.17, 15) is 0 Å². The number of rotatable bonds is 11. The predicted octanol–water partition coefficient (Wildman–Crippen LogP) is 2.18. The Labute approximate surface area is 185 Å². The molecule has 1 heterocycles. The quantitative estimate of drug-likeness (QED) is 0.214. The summed E-state index contributed by atoms with van der Waals surface area (Å²) in [5.74, 6) is 1.77. The second-order valence-electron chi connectivity index (χ2n) is 6.46. The molecule has 2 N–H and O–H groups in total. The predicted molar refractivity (Wildman–Crippen MR) is 125 cm³/mol. The first-order valence-electron chi connectivity index (χ1n) is 9.39. The Morgan fingerprint density at radius 2 is 2.00 bits per heavy atom. The number of halogens is 1. The van der Waals surface area contributed by atoms with E-state index >= 15 is 0 Å². The lowest BCUT2D eigenvalue weighted by Crippen LogP contribution is -2.41. The number of methoxy groups -OCH3 is 1. The van der Waals surface area contributed by atoms with Crippen LogP contribution in [0.3, 0.4) is 0 Å². The second-order valence-corrected chi connectivity index (χ2v) is 6.46. The normalized spacial score (nSPS) is 11.4. The number of likely N-dealkylation sites (N-methyl/N-ethyl adjacent to an activating group) is 1. The van der Waals surface area contributed by atoms with Crippen molar-refractivity contribution in [2.75, 3.05) is 47.4 Å². The van der Waals surface area contributed by atoms with Crippen LogP contribution in [0.15, 0.2) is 47.7 Å². The standard InChI is InChI=1S/C20H32N6O.HI/c1-21-20(23-10-13-25(2)12-7-15-27-3)24-16-19-22-11-14-26(19)17-18-8-5-4-6-9-18;/h4-6,8-9,11,14H,7,10,12-13,15-17H2,1-3H3,(H2,21,23,24);1H. The fourth-order valence-corrected chi connectivity index (χ4v) is 2.77. The number of benzene rings is 1. The van der Waals surface area contributed by atoms with E-state index in [1.165, 1.54) is 5.56 Å². The molecule has 0 unspecified atom stereocenters. The highest BCUT2D eigenvalue weighted by Gasteiger charge is 2.05. The van der Waals surface area contributed by atoms with Gasteiger partial charge in [0.15, 0.2) is 5.96 Å². The van der Waals surface area contributed by atoms with Crippen LogP contribution in [0.5, 0.6) is 0 Å². The molecule has 0 radical (unpaired) electrons. The van der Waals surface area contributed by atoms with Crippen molar-refractivity contribution in [1.29, 1.82) is 0 Å². The van der Waals surface area contributed by atoms with Gasteiger partial charge in [0.25, 0.3) is 0 Å². The molecule has 1 aromatic heterocycles. The zero-order valence-corrected chi connectivity index (χ0v) is 19.4. The first kappa shape index (κ1) is 24.4. The van der Waals surface area contributed by atoms with Crippen molar-refractivity contribution in [3.05, 3.63) is 54.1 Å². The highest BCUT2D eigenvalue weighted by molar-refractivity contribution is 14.0. The van der Waals surface area contributed by atoms with Crippen molar-refractivity contribution < 1.29 is 4.74 Å². The smallest absolute Gasteiger partial charge is 0.191 e. The van der Waals surface area contributed by atoms with Crippen LogP contribution in [-0.4, -0.2) is 67.9 Å². The summed E-state index contributed by atoms with van der Waals surface area (Å²) in [5.41, 5.74) is 1.26. The Morgan fingerprint density at radius 3 is 2.71 bits per heavy atom. The lowest BCUT2D eigenvalue weighted by atomic mass is 10.2. The van der Waals surface area contributed by atoms with E-state index in [0.717, 1.165) is 51.0 Å². The molecule has 0 fully saturated rings. The minimum absolute atomic E-state index is 0. The molecule has 156 valence electrons. The van der Waals surface area contributed by atoms with Gasteiger partial charge >= 0.3 is 0 Å². The summed E-state index contributed by atoms with van der Waals surface area (Å²) in [7, 11) is 5.64. The van der Waals surface area contributed by atoms with E-state index in [0.29, 0.717) is 6.54 Å². The van der Waals surface area contributed by atoms with Crippen molar-refractivity contribution in [3.63, 3.8) is 0 Å². The molecule has 2 aromatic rings. The molecule has 7 nitrogen and oxygen atoms in total. The van der Waals surface area contributed by atoms with Crippen molar-refractivity contribution in [3.8, 4) is 0 Å². The maximum Gasteiger partial charge on any atom is 0.191 e. The van der Waals surface area contributed by atoms with Crippen LogP contribution in [0.25, 0.3) is 0 Å². The number of guanidine groups is 1. The Kier molecular flexibility index (Phi) is 12.5. The van der Waals surface area contributed by atoms with E-state index in [1.54, 1.807) is 14.2 Å². The molecule has 1 aromatic carbocycles. The van der Waals surface area contributed by atoms with Crippen molar-refractivity contribution in [1.82, 2.24) is 25.1 Å². The highest BCUT2D eigenvalue weighted by atomic mass is 127. The van der Waals surface area contributed by atoms with Gasteiger partial charge in [-0.15, -0.1) is 24.0 Å². The van der Waals surface area contributed by atoms with Gasteiger partial charge in [0, 0.05) is 59.3 Å². The Morgan fingerprint density at radius 1 is 1.21 bits per heavy atom. The third-order valence-electron chi connectivity index (χ3n) is 4.31. The van der Waals surface area contributed by atoms with Crippen LogP contribution in [0.1, 0.15) is 17.8 Å². The minimum Gasteiger partial charge on any atom is -0.385 e. The van der Waals surface area contributed by atoms with E-state index < -0.39 is 0 Å². The van der Waals surface area contributed by atoms with Gasteiger partial charge in [-0.3, -0.25) is 4.99 Å².